The molecule has 0 bridgehead atoms. The van der Waals surface area contributed by atoms with E-state index in [1.54, 1.807) is 0 Å². The second kappa shape index (κ2) is 7.22. The van der Waals surface area contributed by atoms with Crippen molar-refractivity contribution in [3.63, 3.8) is 0 Å². The number of hydrogen-bond donors (Lipinski definition) is 2. The molecule has 0 aromatic heterocycles. The lowest BCUT2D eigenvalue weighted by atomic mass is 9.89. The van der Waals surface area contributed by atoms with Gasteiger partial charge in [-0.25, -0.2) is 13.2 Å². The minimum Gasteiger partial charge on any atom is -0.481 e. The van der Waals surface area contributed by atoms with Crippen molar-refractivity contribution in [1.29, 1.82) is 0 Å². The summed E-state index contributed by atoms with van der Waals surface area (Å²) in [5.41, 5.74) is 2.09. The normalized spacial score (nSPS) is 12.9. The summed E-state index contributed by atoms with van der Waals surface area (Å²) >= 11 is 0. The maximum atomic E-state index is 15.0. The third kappa shape index (κ3) is 4.08. The number of halogens is 6. The third-order valence-electron chi connectivity index (χ3n) is 4.07. The first kappa shape index (κ1) is 20.8. The van der Waals surface area contributed by atoms with E-state index in [2.05, 4.69) is 0 Å². The Morgan fingerprint density at radius 1 is 1.07 bits per heavy atom. The summed E-state index contributed by atoms with van der Waals surface area (Å²) in [5.74, 6) is -5.58. The molecule has 2 rings (SSSR count). The number of carboxylic acid groups (broad SMARTS) is 1. The van der Waals surface area contributed by atoms with Crippen molar-refractivity contribution in [2.45, 2.75) is 32.5 Å². The molecule has 0 heterocycles. The van der Waals surface area contributed by atoms with E-state index in [0.29, 0.717) is 0 Å². The molecule has 27 heavy (non-hydrogen) atoms. The van der Waals surface area contributed by atoms with Crippen LogP contribution in [-0.2, 0) is 11.0 Å². The fourth-order valence-electron chi connectivity index (χ4n) is 3.00. The lowest BCUT2D eigenvalue weighted by molar-refractivity contribution is -0.140. The lowest BCUT2D eigenvalue weighted by Gasteiger charge is -2.20. The zero-order chi connectivity index (χ0) is 20.7. The molecule has 0 aliphatic carbocycles. The van der Waals surface area contributed by atoms with E-state index in [0.717, 1.165) is 12.1 Å². The average Bonchev–Trinajstić information content (AvgIpc) is 2.46. The highest BCUT2D eigenvalue weighted by Gasteiger charge is 2.39. The number of carbonyl (C=O) groups is 1. The van der Waals surface area contributed by atoms with Crippen molar-refractivity contribution in [2.75, 3.05) is 0 Å². The van der Waals surface area contributed by atoms with Gasteiger partial charge in [0.2, 0.25) is 0 Å². The van der Waals surface area contributed by atoms with Crippen LogP contribution >= 0.6 is 0 Å². The first-order valence-electron chi connectivity index (χ1n) is 7.68. The maximum Gasteiger partial charge on any atom is 0.419 e. The minimum atomic E-state index is -5.17. The van der Waals surface area contributed by atoms with E-state index in [1.165, 1.54) is 13.8 Å². The molecule has 0 aliphatic heterocycles. The molecule has 2 aromatic carbocycles. The van der Waals surface area contributed by atoms with Gasteiger partial charge in [0.25, 0.3) is 0 Å². The number of carboxylic acids is 1. The molecule has 0 unspecified atom stereocenters. The summed E-state index contributed by atoms with van der Waals surface area (Å²) in [4.78, 5) is 10.8. The fraction of sp³-hybridized carbons (Fsp3) is 0.278. The summed E-state index contributed by atoms with van der Waals surface area (Å²) in [6, 6.07) is 0.434. The van der Waals surface area contributed by atoms with Gasteiger partial charge in [0.05, 0.1) is 12.0 Å². The van der Waals surface area contributed by atoms with Crippen molar-refractivity contribution in [2.24, 2.45) is 5.73 Å². The van der Waals surface area contributed by atoms with Gasteiger partial charge in [0.1, 0.15) is 17.5 Å². The Morgan fingerprint density at radius 3 is 2.04 bits per heavy atom. The van der Waals surface area contributed by atoms with Crippen molar-refractivity contribution in [3.8, 4) is 11.1 Å². The molecular weight excluding hydrogens is 376 g/mol. The maximum absolute atomic E-state index is 15.0. The number of alkyl halides is 3. The van der Waals surface area contributed by atoms with Gasteiger partial charge in [-0.3, -0.25) is 4.79 Å². The van der Waals surface area contributed by atoms with Crippen LogP contribution in [0.25, 0.3) is 11.1 Å². The highest BCUT2D eigenvalue weighted by molar-refractivity contribution is 5.74. The molecular formula is C18H15F6NO2. The second-order valence-electron chi connectivity index (χ2n) is 6.13. The van der Waals surface area contributed by atoms with Crippen molar-refractivity contribution in [3.05, 3.63) is 57.9 Å². The van der Waals surface area contributed by atoms with E-state index in [1.807, 2.05) is 0 Å². The van der Waals surface area contributed by atoms with Crippen LogP contribution in [0.2, 0.25) is 0 Å². The monoisotopic (exact) mass is 391 g/mol. The zero-order valence-corrected chi connectivity index (χ0v) is 14.2. The Morgan fingerprint density at radius 2 is 1.59 bits per heavy atom. The molecule has 3 N–H and O–H groups in total. The quantitative estimate of drug-likeness (QED) is 0.730. The highest BCUT2D eigenvalue weighted by atomic mass is 19.4. The van der Waals surface area contributed by atoms with Crippen LogP contribution in [0, 0.1) is 31.3 Å². The number of benzene rings is 2. The zero-order valence-electron chi connectivity index (χ0n) is 14.2. The van der Waals surface area contributed by atoms with Gasteiger partial charge in [-0.15, -0.1) is 0 Å². The molecule has 146 valence electrons. The van der Waals surface area contributed by atoms with Crippen LogP contribution in [0.5, 0.6) is 0 Å². The molecule has 0 saturated carbocycles. The molecule has 0 saturated heterocycles. The predicted octanol–water partition coefficient (Wildman–Crippen LogP) is 4.88. The standard InChI is InChI=1S/C18H15F6NO2/c1-7-3-9(19)4-8(2)14(7)10-5-11(18(22,23)24)17(21)15(16(10)20)12(25)6-13(26)27/h3-5,12H,6,25H2,1-2H3,(H,26,27)/t12-/m0/s1. The van der Waals surface area contributed by atoms with Crippen LogP contribution in [0.1, 0.15) is 34.7 Å². The number of aryl methyl sites for hydroxylation is 2. The molecule has 0 aliphatic rings. The van der Waals surface area contributed by atoms with E-state index in [4.69, 9.17) is 10.8 Å². The number of aliphatic carboxylic acids is 1. The lowest BCUT2D eigenvalue weighted by Crippen LogP contribution is -2.21. The van der Waals surface area contributed by atoms with Gasteiger partial charge < -0.3 is 10.8 Å². The summed E-state index contributed by atoms with van der Waals surface area (Å²) < 4.78 is 82.7. The van der Waals surface area contributed by atoms with Gasteiger partial charge in [-0.2, -0.15) is 13.2 Å². The van der Waals surface area contributed by atoms with Gasteiger partial charge in [0, 0.05) is 17.2 Å². The Bertz CT molecular complexity index is 885. The molecule has 0 spiro atoms. The van der Waals surface area contributed by atoms with E-state index in [9.17, 15) is 31.1 Å². The van der Waals surface area contributed by atoms with Crippen LogP contribution in [0.15, 0.2) is 18.2 Å². The van der Waals surface area contributed by atoms with Gasteiger partial charge in [0.15, 0.2) is 0 Å². The van der Waals surface area contributed by atoms with Gasteiger partial charge in [-0.05, 0) is 48.7 Å². The minimum absolute atomic E-state index is 0.0526. The molecule has 0 amide bonds. The third-order valence-corrected chi connectivity index (χ3v) is 4.07. The van der Waals surface area contributed by atoms with Crippen LogP contribution in [0.3, 0.4) is 0 Å². The van der Waals surface area contributed by atoms with Crippen molar-refractivity contribution in [1.82, 2.24) is 0 Å². The van der Waals surface area contributed by atoms with Crippen LogP contribution in [-0.4, -0.2) is 11.1 Å². The molecule has 3 nitrogen and oxygen atoms in total. The smallest absolute Gasteiger partial charge is 0.419 e. The Hall–Kier alpha value is -2.55. The van der Waals surface area contributed by atoms with Gasteiger partial charge in [-0.1, -0.05) is 0 Å². The van der Waals surface area contributed by atoms with E-state index >= 15 is 0 Å². The average molecular weight is 391 g/mol. The van der Waals surface area contributed by atoms with Crippen LogP contribution in [0.4, 0.5) is 26.3 Å². The van der Waals surface area contributed by atoms with Crippen molar-refractivity contribution < 1.29 is 36.2 Å². The topological polar surface area (TPSA) is 63.3 Å². The molecule has 2 aromatic rings. The predicted molar refractivity (Wildman–Crippen MR) is 85.4 cm³/mol. The first-order valence-corrected chi connectivity index (χ1v) is 7.68. The Kier molecular flexibility index (Phi) is 5.55. The first-order chi connectivity index (χ1) is 12.3. The fourth-order valence-corrected chi connectivity index (χ4v) is 3.00. The number of nitrogens with two attached hydrogens (primary N) is 1. The molecule has 9 heteroatoms. The van der Waals surface area contributed by atoms with E-state index in [-0.39, 0.29) is 22.8 Å². The highest BCUT2D eigenvalue weighted by Crippen LogP contribution is 2.41. The van der Waals surface area contributed by atoms with Gasteiger partial charge >= 0.3 is 12.1 Å². The summed E-state index contributed by atoms with van der Waals surface area (Å²) in [6.45, 7) is 2.72. The Balaban J connectivity index is 2.89. The second-order valence-corrected chi connectivity index (χ2v) is 6.13. The molecule has 1 atom stereocenters. The van der Waals surface area contributed by atoms with E-state index < -0.39 is 58.8 Å². The van der Waals surface area contributed by atoms with Crippen molar-refractivity contribution >= 4 is 5.97 Å². The van der Waals surface area contributed by atoms with Crippen LogP contribution < -0.4 is 5.73 Å². The Labute approximate surface area is 150 Å². The largest absolute Gasteiger partial charge is 0.481 e. The summed E-state index contributed by atoms with van der Waals surface area (Å²) in [6.07, 6.45) is -6.15. The molecule has 0 radical (unpaired) electrons. The summed E-state index contributed by atoms with van der Waals surface area (Å²) in [7, 11) is 0. The summed E-state index contributed by atoms with van der Waals surface area (Å²) in [5, 5.41) is 8.77. The molecule has 0 fully saturated rings. The number of hydrogen-bond acceptors (Lipinski definition) is 2. The SMILES string of the molecule is Cc1cc(F)cc(C)c1-c1cc(C(F)(F)F)c(F)c([C@@H](N)CC(=O)O)c1F. The number of rotatable bonds is 4.